The SMILES string of the molecule is O=C(NCCN1CCOCC1)Nc1cccs1. The van der Waals surface area contributed by atoms with Gasteiger partial charge in [-0.3, -0.25) is 10.2 Å². The van der Waals surface area contributed by atoms with Gasteiger partial charge in [-0.05, 0) is 17.5 Å². The Balaban J connectivity index is 1.59. The van der Waals surface area contributed by atoms with Gasteiger partial charge in [-0.15, -0.1) is 11.3 Å². The highest BCUT2D eigenvalue weighted by Gasteiger charge is 2.10. The molecule has 0 atom stereocenters. The molecule has 17 heavy (non-hydrogen) atoms. The van der Waals surface area contributed by atoms with Gasteiger partial charge in [0.25, 0.3) is 0 Å². The van der Waals surface area contributed by atoms with Crippen molar-refractivity contribution in [2.75, 3.05) is 44.7 Å². The molecule has 0 bridgehead atoms. The van der Waals surface area contributed by atoms with Crippen molar-refractivity contribution in [1.82, 2.24) is 10.2 Å². The lowest BCUT2D eigenvalue weighted by Crippen LogP contribution is -2.42. The van der Waals surface area contributed by atoms with E-state index in [0.29, 0.717) is 6.54 Å². The summed E-state index contributed by atoms with van der Waals surface area (Å²) in [6.07, 6.45) is 0. The molecule has 1 aromatic heterocycles. The number of nitrogens with one attached hydrogen (secondary N) is 2. The van der Waals surface area contributed by atoms with Crippen LogP contribution in [0, 0.1) is 0 Å². The zero-order chi connectivity index (χ0) is 11.9. The fraction of sp³-hybridized carbons (Fsp3) is 0.545. The van der Waals surface area contributed by atoms with E-state index in [1.54, 1.807) is 0 Å². The second-order valence-electron chi connectivity index (χ2n) is 3.81. The van der Waals surface area contributed by atoms with Gasteiger partial charge in [-0.1, -0.05) is 0 Å². The topological polar surface area (TPSA) is 53.6 Å². The van der Waals surface area contributed by atoms with E-state index in [1.807, 2.05) is 17.5 Å². The normalized spacial score (nSPS) is 16.7. The number of ether oxygens (including phenoxy) is 1. The van der Waals surface area contributed by atoms with Crippen LogP contribution in [0.1, 0.15) is 0 Å². The molecule has 1 fully saturated rings. The van der Waals surface area contributed by atoms with Gasteiger partial charge >= 0.3 is 6.03 Å². The molecule has 0 saturated carbocycles. The molecule has 2 amide bonds. The van der Waals surface area contributed by atoms with Crippen LogP contribution in [0.25, 0.3) is 0 Å². The van der Waals surface area contributed by atoms with Crippen molar-refractivity contribution >= 4 is 22.4 Å². The number of thiophene rings is 1. The number of urea groups is 1. The van der Waals surface area contributed by atoms with Gasteiger partial charge in [0.2, 0.25) is 0 Å². The average Bonchev–Trinajstić information content (AvgIpc) is 2.83. The third-order valence-electron chi connectivity index (χ3n) is 2.58. The standard InChI is InChI=1S/C11H17N3O2S/c15-11(13-10-2-1-9-17-10)12-3-4-14-5-7-16-8-6-14/h1-2,9H,3-8H2,(H2,12,13,15). The quantitative estimate of drug-likeness (QED) is 0.850. The maximum absolute atomic E-state index is 11.5. The molecule has 0 radical (unpaired) electrons. The molecule has 0 aromatic carbocycles. The van der Waals surface area contributed by atoms with Crippen molar-refractivity contribution in [3.8, 4) is 0 Å². The number of amides is 2. The van der Waals surface area contributed by atoms with Gasteiger partial charge < -0.3 is 10.1 Å². The Labute approximate surface area is 105 Å². The maximum atomic E-state index is 11.5. The number of anilines is 1. The Hall–Kier alpha value is -1.11. The van der Waals surface area contributed by atoms with Crippen molar-refractivity contribution in [3.05, 3.63) is 17.5 Å². The molecular formula is C11H17N3O2S. The van der Waals surface area contributed by atoms with Gasteiger partial charge in [-0.2, -0.15) is 0 Å². The smallest absolute Gasteiger partial charge is 0.319 e. The molecule has 2 N–H and O–H groups in total. The molecule has 5 nitrogen and oxygen atoms in total. The lowest BCUT2D eigenvalue weighted by atomic mass is 10.4. The number of rotatable bonds is 4. The molecule has 1 aromatic rings. The first kappa shape index (κ1) is 12.3. The van der Waals surface area contributed by atoms with E-state index < -0.39 is 0 Å². The van der Waals surface area contributed by atoms with Crippen LogP contribution >= 0.6 is 11.3 Å². The molecule has 94 valence electrons. The zero-order valence-corrected chi connectivity index (χ0v) is 10.5. The van der Waals surface area contributed by atoms with Crippen LogP contribution in [0.5, 0.6) is 0 Å². The van der Waals surface area contributed by atoms with Gasteiger partial charge in [0, 0.05) is 26.2 Å². The van der Waals surface area contributed by atoms with Crippen LogP contribution in [-0.4, -0.2) is 50.3 Å². The molecular weight excluding hydrogens is 238 g/mol. The monoisotopic (exact) mass is 255 g/mol. The van der Waals surface area contributed by atoms with Crippen molar-refractivity contribution in [2.45, 2.75) is 0 Å². The van der Waals surface area contributed by atoms with Gasteiger partial charge in [-0.25, -0.2) is 4.79 Å². The summed E-state index contributed by atoms with van der Waals surface area (Å²) < 4.78 is 5.26. The summed E-state index contributed by atoms with van der Waals surface area (Å²) in [5.41, 5.74) is 0. The molecule has 0 aliphatic carbocycles. The second-order valence-corrected chi connectivity index (χ2v) is 4.76. The summed E-state index contributed by atoms with van der Waals surface area (Å²) >= 11 is 1.51. The molecule has 1 saturated heterocycles. The zero-order valence-electron chi connectivity index (χ0n) is 9.65. The van der Waals surface area contributed by atoms with Crippen LogP contribution in [0.2, 0.25) is 0 Å². The number of nitrogens with zero attached hydrogens (tertiary/aromatic N) is 1. The molecule has 2 heterocycles. The fourth-order valence-electron chi connectivity index (χ4n) is 1.66. The Kier molecular flexibility index (Phi) is 4.78. The van der Waals surface area contributed by atoms with E-state index in [4.69, 9.17) is 4.74 Å². The summed E-state index contributed by atoms with van der Waals surface area (Å²) in [5, 5.41) is 8.43. The molecule has 6 heteroatoms. The third kappa shape index (κ3) is 4.33. The molecule has 0 spiro atoms. The van der Waals surface area contributed by atoms with E-state index in [-0.39, 0.29) is 6.03 Å². The molecule has 1 aliphatic rings. The summed E-state index contributed by atoms with van der Waals surface area (Å²) in [5.74, 6) is 0. The van der Waals surface area contributed by atoms with E-state index in [0.717, 1.165) is 37.8 Å². The van der Waals surface area contributed by atoms with Crippen LogP contribution in [0.3, 0.4) is 0 Å². The van der Waals surface area contributed by atoms with Crippen molar-refractivity contribution < 1.29 is 9.53 Å². The molecule has 2 rings (SSSR count). The van der Waals surface area contributed by atoms with Crippen LogP contribution in [0.4, 0.5) is 9.80 Å². The maximum Gasteiger partial charge on any atom is 0.319 e. The highest BCUT2D eigenvalue weighted by Crippen LogP contribution is 2.14. The highest BCUT2D eigenvalue weighted by molar-refractivity contribution is 7.14. The predicted octanol–water partition coefficient (Wildman–Crippen LogP) is 1.20. The number of carbonyl (C=O) groups excluding carboxylic acids is 1. The number of morpholine rings is 1. The Morgan fingerprint density at radius 1 is 1.47 bits per heavy atom. The van der Waals surface area contributed by atoms with Crippen LogP contribution in [-0.2, 0) is 4.74 Å². The Morgan fingerprint density at radius 2 is 2.29 bits per heavy atom. The van der Waals surface area contributed by atoms with E-state index in [9.17, 15) is 4.79 Å². The van der Waals surface area contributed by atoms with Gasteiger partial charge in [0.15, 0.2) is 0 Å². The minimum absolute atomic E-state index is 0.138. The first-order chi connectivity index (χ1) is 8.34. The molecule has 1 aliphatic heterocycles. The molecule has 0 unspecified atom stereocenters. The highest BCUT2D eigenvalue weighted by atomic mass is 32.1. The third-order valence-corrected chi connectivity index (χ3v) is 3.36. The lowest BCUT2D eigenvalue weighted by molar-refractivity contribution is 0.0388. The van der Waals surface area contributed by atoms with E-state index in [2.05, 4.69) is 15.5 Å². The lowest BCUT2D eigenvalue weighted by Gasteiger charge is -2.26. The van der Waals surface area contributed by atoms with Crippen LogP contribution < -0.4 is 10.6 Å². The summed E-state index contributed by atoms with van der Waals surface area (Å²) in [6, 6.07) is 3.65. The summed E-state index contributed by atoms with van der Waals surface area (Å²) in [7, 11) is 0. The van der Waals surface area contributed by atoms with Crippen molar-refractivity contribution in [2.24, 2.45) is 0 Å². The second kappa shape index (κ2) is 6.58. The van der Waals surface area contributed by atoms with E-state index >= 15 is 0 Å². The van der Waals surface area contributed by atoms with Gasteiger partial charge in [0.05, 0.1) is 18.2 Å². The Morgan fingerprint density at radius 3 is 3.00 bits per heavy atom. The minimum Gasteiger partial charge on any atom is -0.379 e. The predicted molar refractivity (Wildman–Crippen MR) is 68.6 cm³/mol. The minimum atomic E-state index is -0.138. The van der Waals surface area contributed by atoms with Crippen molar-refractivity contribution in [3.63, 3.8) is 0 Å². The van der Waals surface area contributed by atoms with Gasteiger partial charge in [0.1, 0.15) is 0 Å². The Bertz CT molecular complexity index is 336. The van der Waals surface area contributed by atoms with E-state index in [1.165, 1.54) is 11.3 Å². The van der Waals surface area contributed by atoms with Crippen LogP contribution in [0.15, 0.2) is 17.5 Å². The fourth-order valence-corrected chi connectivity index (χ4v) is 2.27. The number of carbonyl (C=O) groups is 1. The number of hydrogen-bond acceptors (Lipinski definition) is 4. The summed E-state index contributed by atoms with van der Waals surface area (Å²) in [6.45, 7) is 5.03. The summed E-state index contributed by atoms with van der Waals surface area (Å²) in [4.78, 5) is 13.8. The first-order valence-electron chi connectivity index (χ1n) is 5.73. The first-order valence-corrected chi connectivity index (χ1v) is 6.61. The largest absolute Gasteiger partial charge is 0.379 e. The number of hydrogen-bond donors (Lipinski definition) is 2. The van der Waals surface area contributed by atoms with Crippen molar-refractivity contribution in [1.29, 1.82) is 0 Å². The average molecular weight is 255 g/mol.